The van der Waals surface area contributed by atoms with Gasteiger partial charge in [-0.1, -0.05) is 22.9 Å². The molecule has 0 heterocycles. The monoisotopic (exact) mass is 338 g/mol. The van der Waals surface area contributed by atoms with Gasteiger partial charge in [0.1, 0.15) is 0 Å². The predicted octanol–water partition coefficient (Wildman–Crippen LogP) is 3.99. The summed E-state index contributed by atoms with van der Waals surface area (Å²) in [7, 11) is 1.92. The highest BCUT2D eigenvalue weighted by Crippen LogP contribution is 2.29. The summed E-state index contributed by atoms with van der Waals surface area (Å²) in [6.07, 6.45) is 4.63. The fourth-order valence-corrected chi connectivity index (χ4v) is 3.38. The minimum Gasteiger partial charge on any atom is -0.398 e. The fraction of sp³-hybridized carbons (Fsp3) is 0.562. The van der Waals surface area contributed by atoms with Crippen molar-refractivity contribution < 1.29 is 4.79 Å². The van der Waals surface area contributed by atoms with E-state index in [0.717, 1.165) is 28.8 Å². The molecule has 110 valence electrons. The Morgan fingerprint density at radius 3 is 2.50 bits per heavy atom. The number of rotatable bonds is 2. The second kappa shape index (κ2) is 6.17. The van der Waals surface area contributed by atoms with Crippen LogP contribution in [0.5, 0.6) is 0 Å². The molecular formula is C16H23BrN2O. The van der Waals surface area contributed by atoms with Crippen LogP contribution < -0.4 is 5.73 Å². The molecule has 0 atom stereocenters. The second-order valence-electron chi connectivity index (χ2n) is 6.00. The van der Waals surface area contributed by atoms with Crippen LogP contribution in [0.25, 0.3) is 0 Å². The van der Waals surface area contributed by atoms with Crippen molar-refractivity contribution in [2.75, 3.05) is 12.8 Å². The lowest BCUT2D eigenvalue weighted by Crippen LogP contribution is -2.39. The van der Waals surface area contributed by atoms with Crippen LogP contribution >= 0.6 is 15.9 Å². The highest BCUT2D eigenvalue weighted by Gasteiger charge is 2.26. The number of hydrogen-bond acceptors (Lipinski definition) is 2. The average molecular weight is 339 g/mol. The van der Waals surface area contributed by atoms with Crippen LogP contribution in [0, 0.1) is 12.8 Å². The van der Waals surface area contributed by atoms with Crippen molar-refractivity contribution in [1.29, 1.82) is 0 Å². The Hall–Kier alpha value is -1.03. The summed E-state index contributed by atoms with van der Waals surface area (Å²) in [4.78, 5) is 14.6. The van der Waals surface area contributed by atoms with Gasteiger partial charge in [0.2, 0.25) is 0 Å². The molecule has 1 aromatic carbocycles. The van der Waals surface area contributed by atoms with Crippen molar-refractivity contribution in [2.45, 2.75) is 45.6 Å². The van der Waals surface area contributed by atoms with Crippen molar-refractivity contribution in [3.05, 3.63) is 27.7 Å². The smallest absolute Gasteiger partial charge is 0.254 e. The fourth-order valence-electron chi connectivity index (χ4n) is 2.91. The molecule has 2 rings (SSSR count). The Morgan fingerprint density at radius 2 is 1.90 bits per heavy atom. The largest absolute Gasteiger partial charge is 0.398 e. The Kier molecular flexibility index (Phi) is 4.74. The lowest BCUT2D eigenvalue weighted by Gasteiger charge is -2.34. The number of anilines is 1. The molecule has 3 nitrogen and oxygen atoms in total. The van der Waals surface area contributed by atoms with Crippen LogP contribution in [0.1, 0.15) is 48.5 Å². The van der Waals surface area contributed by atoms with E-state index in [4.69, 9.17) is 5.73 Å². The first-order chi connectivity index (χ1) is 9.40. The summed E-state index contributed by atoms with van der Waals surface area (Å²) < 4.78 is 0.856. The molecule has 1 aliphatic rings. The van der Waals surface area contributed by atoms with Crippen molar-refractivity contribution in [3.8, 4) is 0 Å². The highest BCUT2D eigenvalue weighted by molar-refractivity contribution is 9.10. The molecule has 1 amide bonds. The Bertz CT molecular complexity index is 507. The number of amides is 1. The average Bonchev–Trinajstić information content (AvgIpc) is 2.42. The molecule has 20 heavy (non-hydrogen) atoms. The summed E-state index contributed by atoms with van der Waals surface area (Å²) in [6.45, 7) is 4.20. The molecule has 1 fully saturated rings. The van der Waals surface area contributed by atoms with Crippen LogP contribution in [-0.4, -0.2) is 23.9 Å². The predicted molar refractivity (Wildman–Crippen MR) is 86.8 cm³/mol. The van der Waals surface area contributed by atoms with Crippen LogP contribution in [0.4, 0.5) is 5.69 Å². The van der Waals surface area contributed by atoms with Gasteiger partial charge in [-0.05, 0) is 56.2 Å². The minimum atomic E-state index is 0.0788. The van der Waals surface area contributed by atoms with Crippen LogP contribution in [-0.2, 0) is 0 Å². The number of halogens is 1. The molecule has 0 spiro atoms. The SMILES string of the molecule is Cc1c(N)cc(Br)cc1C(=O)N(C)C1CCC(C)CC1. The lowest BCUT2D eigenvalue weighted by atomic mass is 9.86. The Labute approximate surface area is 129 Å². The number of benzene rings is 1. The third-order valence-corrected chi connectivity index (χ3v) is 4.95. The van der Waals surface area contributed by atoms with E-state index < -0.39 is 0 Å². The van der Waals surface area contributed by atoms with E-state index in [1.165, 1.54) is 12.8 Å². The number of nitrogens with zero attached hydrogens (tertiary/aromatic N) is 1. The summed E-state index contributed by atoms with van der Waals surface area (Å²) in [5, 5.41) is 0. The van der Waals surface area contributed by atoms with Crippen LogP contribution in [0.3, 0.4) is 0 Å². The van der Waals surface area contributed by atoms with Crippen LogP contribution in [0.2, 0.25) is 0 Å². The van der Waals surface area contributed by atoms with Crippen molar-refractivity contribution in [3.63, 3.8) is 0 Å². The molecule has 4 heteroatoms. The molecule has 2 N–H and O–H groups in total. The van der Waals surface area contributed by atoms with Crippen LogP contribution in [0.15, 0.2) is 16.6 Å². The van der Waals surface area contributed by atoms with E-state index in [2.05, 4.69) is 22.9 Å². The first-order valence-corrected chi connectivity index (χ1v) is 8.02. The van der Waals surface area contributed by atoms with Crippen molar-refractivity contribution >= 4 is 27.5 Å². The van der Waals surface area contributed by atoms with Crippen molar-refractivity contribution in [2.24, 2.45) is 5.92 Å². The third kappa shape index (κ3) is 3.17. The molecule has 1 aliphatic carbocycles. The molecule has 0 aliphatic heterocycles. The van der Waals surface area contributed by atoms with Gasteiger partial charge < -0.3 is 10.6 Å². The van der Waals surface area contributed by atoms with E-state index in [1.54, 1.807) is 0 Å². The maximum absolute atomic E-state index is 12.7. The summed E-state index contributed by atoms with van der Waals surface area (Å²) >= 11 is 3.42. The van der Waals surface area contributed by atoms with Gasteiger partial charge in [-0.15, -0.1) is 0 Å². The number of carbonyl (C=O) groups excluding carboxylic acids is 1. The lowest BCUT2D eigenvalue weighted by molar-refractivity contribution is 0.0679. The topological polar surface area (TPSA) is 46.3 Å². The standard InChI is InChI=1S/C16H23BrN2O/c1-10-4-6-13(7-5-10)19(3)16(20)14-8-12(17)9-15(18)11(14)2/h8-10,13H,4-7,18H2,1-3H3. The summed E-state index contributed by atoms with van der Waals surface area (Å²) in [6, 6.07) is 4.07. The summed E-state index contributed by atoms with van der Waals surface area (Å²) in [5.74, 6) is 0.869. The highest BCUT2D eigenvalue weighted by atomic mass is 79.9. The Balaban J connectivity index is 2.19. The van der Waals surface area contributed by atoms with Gasteiger partial charge in [-0.25, -0.2) is 0 Å². The van der Waals surface area contributed by atoms with Gasteiger partial charge >= 0.3 is 0 Å². The number of hydrogen-bond donors (Lipinski definition) is 1. The number of carbonyl (C=O) groups is 1. The zero-order valence-corrected chi connectivity index (χ0v) is 14.0. The Morgan fingerprint density at radius 1 is 1.30 bits per heavy atom. The van der Waals surface area contributed by atoms with Crippen molar-refractivity contribution in [1.82, 2.24) is 4.90 Å². The first kappa shape index (κ1) is 15.4. The summed E-state index contributed by atoms with van der Waals surface area (Å²) in [5.41, 5.74) is 8.19. The van der Waals surface area contributed by atoms with E-state index >= 15 is 0 Å². The zero-order valence-electron chi connectivity index (χ0n) is 12.4. The van der Waals surface area contributed by atoms with Gasteiger partial charge in [0, 0.05) is 28.8 Å². The molecule has 0 unspecified atom stereocenters. The maximum atomic E-state index is 12.7. The van der Waals surface area contributed by atoms with Gasteiger partial charge in [0.15, 0.2) is 0 Å². The molecule has 1 aromatic rings. The molecule has 1 saturated carbocycles. The van der Waals surface area contributed by atoms with Gasteiger partial charge in [-0.3, -0.25) is 4.79 Å². The van der Waals surface area contributed by atoms with E-state index in [0.29, 0.717) is 17.3 Å². The minimum absolute atomic E-state index is 0.0788. The van der Waals surface area contributed by atoms with Gasteiger partial charge in [0.05, 0.1) is 0 Å². The third-order valence-electron chi connectivity index (χ3n) is 4.50. The zero-order chi connectivity index (χ0) is 14.9. The van der Waals surface area contributed by atoms with E-state index in [-0.39, 0.29) is 5.91 Å². The first-order valence-electron chi connectivity index (χ1n) is 7.23. The number of nitrogen functional groups attached to an aromatic ring is 1. The molecule has 0 saturated heterocycles. The normalized spacial score (nSPS) is 22.6. The second-order valence-corrected chi connectivity index (χ2v) is 6.91. The van der Waals surface area contributed by atoms with Gasteiger partial charge in [0.25, 0.3) is 5.91 Å². The molecule has 0 radical (unpaired) electrons. The van der Waals surface area contributed by atoms with E-state index in [9.17, 15) is 4.79 Å². The maximum Gasteiger partial charge on any atom is 0.254 e. The van der Waals surface area contributed by atoms with Gasteiger partial charge in [-0.2, -0.15) is 0 Å². The number of nitrogens with two attached hydrogens (primary N) is 1. The molecule has 0 aromatic heterocycles. The molecule has 0 bridgehead atoms. The molecular weight excluding hydrogens is 316 g/mol. The van der Waals surface area contributed by atoms with E-state index in [1.807, 2.05) is 31.0 Å². The quantitative estimate of drug-likeness (QED) is 0.828.